The van der Waals surface area contributed by atoms with Gasteiger partial charge in [-0.1, -0.05) is 46.9 Å². The summed E-state index contributed by atoms with van der Waals surface area (Å²) in [6.07, 6.45) is 0. The van der Waals surface area contributed by atoms with Crippen LogP contribution in [0.2, 0.25) is 0 Å². The Kier molecular flexibility index (Phi) is 3.52. The van der Waals surface area contributed by atoms with Gasteiger partial charge in [-0.2, -0.15) is 0 Å². The second-order valence-electron chi connectivity index (χ2n) is 3.43. The molecule has 0 spiro atoms. The van der Waals surface area contributed by atoms with Gasteiger partial charge in [-0.15, -0.1) is 0 Å². The van der Waals surface area contributed by atoms with Gasteiger partial charge in [-0.05, 0) is 12.1 Å². The average molecular weight is 307 g/mol. The molecule has 0 aliphatic carbocycles. The van der Waals surface area contributed by atoms with Gasteiger partial charge in [-0.3, -0.25) is 4.79 Å². The van der Waals surface area contributed by atoms with Gasteiger partial charge >= 0.3 is 5.63 Å². The molecular formula is C11H6Cl3NO3. The molecule has 1 amide bonds. The Balaban J connectivity index is 2.51. The van der Waals surface area contributed by atoms with Crippen molar-refractivity contribution in [2.75, 3.05) is 5.32 Å². The molecule has 94 valence electrons. The lowest BCUT2D eigenvalue weighted by Crippen LogP contribution is -2.27. The van der Waals surface area contributed by atoms with Crippen LogP contribution in [0.5, 0.6) is 0 Å². The second-order valence-corrected chi connectivity index (χ2v) is 5.71. The van der Waals surface area contributed by atoms with Gasteiger partial charge in [-0.25, -0.2) is 4.79 Å². The highest BCUT2D eigenvalue weighted by Gasteiger charge is 2.31. The van der Waals surface area contributed by atoms with E-state index in [2.05, 4.69) is 5.32 Å². The van der Waals surface area contributed by atoms with Crippen molar-refractivity contribution in [2.24, 2.45) is 0 Å². The predicted octanol–water partition coefficient (Wildman–Crippen LogP) is 3.10. The molecule has 0 bridgehead atoms. The number of carbonyl (C=O) groups is 1. The van der Waals surface area contributed by atoms with Crippen molar-refractivity contribution in [2.45, 2.75) is 3.79 Å². The van der Waals surface area contributed by atoms with Crippen molar-refractivity contribution in [1.29, 1.82) is 0 Å². The summed E-state index contributed by atoms with van der Waals surface area (Å²) >= 11 is 16.3. The Morgan fingerprint density at radius 3 is 2.56 bits per heavy atom. The smallest absolute Gasteiger partial charge is 0.338 e. The molecule has 0 aliphatic rings. The van der Waals surface area contributed by atoms with Gasteiger partial charge in [0.2, 0.25) is 0 Å². The van der Waals surface area contributed by atoms with Crippen molar-refractivity contribution in [1.82, 2.24) is 0 Å². The van der Waals surface area contributed by atoms with E-state index in [9.17, 15) is 9.59 Å². The minimum atomic E-state index is -2.10. The molecule has 2 aromatic rings. The molecule has 0 saturated carbocycles. The third kappa shape index (κ3) is 2.77. The van der Waals surface area contributed by atoms with E-state index in [1.807, 2.05) is 0 Å². The molecule has 4 nitrogen and oxygen atoms in total. The Labute approximate surface area is 116 Å². The van der Waals surface area contributed by atoms with Gasteiger partial charge in [0.15, 0.2) is 0 Å². The summed E-state index contributed by atoms with van der Waals surface area (Å²) in [6, 6.07) is 7.82. The number of amides is 1. The van der Waals surface area contributed by atoms with Crippen molar-refractivity contribution < 1.29 is 9.21 Å². The van der Waals surface area contributed by atoms with Crippen molar-refractivity contribution in [3.8, 4) is 0 Å². The summed E-state index contributed by atoms with van der Waals surface area (Å²) in [6.45, 7) is 0. The van der Waals surface area contributed by atoms with Gasteiger partial charge in [0.25, 0.3) is 9.70 Å². The van der Waals surface area contributed by atoms with Crippen LogP contribution in [0.1, 0.15) is 0 Å². The van der Waals surface area contributed by atoms with E-state index in [-0.39, 0.29) is 5.69 Å². The molecule has 1 heterocycles. The number of nitrogens with one attached hydrogen (secondary N) is 1. The van der Waals surface area contributed by atoms with Crippen LogP contribution in [0.15, 0.2) is 39.5 Å². The SMILES string of the molecule is O=C(Nc1cc(=O)oc2ccccc12)C(Cl)(Cl)Cl. The van der Waals surface area contributed by atoms with Crippen molar-refractivity contribution >= 4 is 57.4 Å². The van der Waals surface area contributed by atoms with Gasteiger partial charge in [0, 0.05) is 11.5 Å². The summed E-state index contributed by atoms with van der Waals surface area (Å²) in [5.41, 5.74) is -0.0314. The summed E-state index contributed by atoms with van der Waals surface area (Å²) in [7, 11) is 0. The largest absolute Gasteiger partial charge is 0.423 e. The number of benzene rings is 1. The minimum Gasteiger partial charge on any atom is -0.423 e. The van der Waals surface area contributed by atoms with Crippen molar-refractivity contribution in [3.05, 3.63) is 40.8 Å². The molecule has 2 rings (SSSR count). The Bertz CT molecular complexity index is 660. The lowest BCUT2D eigenvalue weighted by Gasteiger charge is -2.12. The molecule has 18 heavy (non-hydrogen) atoms. The quantitative estimate of drug-likeness (QED) is 0.650. The maximum atomic E-state index is 11.5. The average Bonchev–Trinajstić information content (AvgIpc) is 2.27. The monoisotopic (exact) mass is 305 g/mol. The van der Waals surface area contributed by atoms with E-state index >= 15 is 0 Å². The van der Waals surface area contributed by atoms with Gasteiger partial charge in [0.05, 0.1) is 5.69 Å². The molecule has 1 N–H and O–H groups in total. The third-order valence-corrected chi connectivity index (χ3v) is 2.67. The van der Waals surface area contributed by atoms with E-state index in [1.54, 1.807) is 24.3 Å². The highest BCUT2D eigenvalue weighted by Crippen LogP contribution is 2.29. The first-order valence-corrected chi connectivity index (χ1v) is 5.92. The van der Waals surface area contributed by atoms with Crippen LogP contribution in [-0.2, 0) is 4.79 Å². The van der Waals surface area contributed by atoms with E-state index in [4.69, 9.17) is 39.2 Å². The molecular weight excluding hydrogens is 300 g/mol. The number of halogens is 3. The first-order valence-electron chi connectivity index (χ1n) is 4.79. The molecule has 1 aromatic carbocycles. The van der Waals surface area contributed by atoms with Crippen LogP contribution in [0.25, 0.3) is 11.0 Å². The maximum absolute atomic E-state index is 11.5. The number of anilines is 1. The Morgan fingerprint density at radius 1 is 1.22 bits per heavy atom. The van der Waals surface area contributed by atoms with Crippen LogP contribution >= 0.6 is 34.8 Å². The van der Waals surface area contributed by atoms with Crippen LogP contribution in [0.4, 0.5) is 5.69 Å². The summed E-state index contributed by atoms with van der Waals surface area (Å²) in [5, 5.41) is 2.91. The molecule has 0 unspecified atom stereocenters. The van der Waals surface area contributed by atoms with Crippen molar-refractivity contribution in [3.63, 3.8) is 0 Å². The minimum absolute atomic E-state index is 0.234. The van der Waals surface area contributed by atoms with Crippen LogP contribution in [-0.4, -0.2) is 9.70 Å². The Morgan fingerprint density at radius 2 is 1.89 bits per heavy atom. The van der Waals surface area contributed by atoms with Gasteiger partial charge < -0.3 is 9.73 Å². The number of hydrogen-bond acceptors (Lipinski definition) is 3. The number of alkyl halides is 3. The zero-order valence-electron chi connectivity index (χ0n) is 8.75. The number of hydrogen-bond donors (Lipinski definition) is 1. The zero-order chi connectivity index (χ0) is 13.3. The van der Waals surface area contributed by atoms with E-state index < -0.39 is 15.3 Å². The molecule has 0 radical (unpaired) electrons. The number of carbonyl (C=O) groups excluding carboxylic acids is 1. The van der Waals surface area contributed by atoms with Crippen LogP contribution in [0.3, 0.4) is 0 Å². The molecule has 0 atom stereocenters. The lowest BCUT2D eigenvalue weighted by molar-refractivity contribution is -0.115. The van der Waals surface area contributed by atoms with E-state index in [0.717, 1.165) is 6.07 Å². The standard InChI is InChI=1S/C11H6Cl3NO3/c12-11(13,14)10(17)15-7-5-9(16)18-8-4-2-1-3-6(7)8/h1-5H,(H,15,17). The Hall–Kier alpha value is -1.23. The first kappa shape index (κ1) is 13.2. The number of para-hydroxylation sites is 1. The second kappa shape index (κ2) is 4.80. The maximum Gasteiger partial charge on any atom is 0.338 e. The summed E-state index contributed by atoms with van der Waals surface area (Å²) in [5.74, 6) is -0.844. The summed E-state index contributed by atoms with van der Waals surface area (Å²) in [4.78, 5) is 22.9. The zero-order valence-corrected chi connectivity index (χ0v) is 11.0. The fourth-order valence-corrected chi connectivity index (χ4v) is 1.55. The molecule has 1 aromatic heterocycles. The third-order valence-electron chi connectivity index (χ3n) is 2.16. The number of rotatable bonds is 1. The molecule has 7 heteroatoms. The molecule has 0 aliphatic heterocycles. The number of fused-ring (bicyclic) bond motifs is 1. The first-order chi connectivity index (χ1) is 8.38. The predicted molar refractivity (Wildman–Crippen MR) is 71.4 cm³/mol. The van der Waals surface area contributed by atoms with E-state index in [1.165, 1.54) is 0 Å². The van der Waals surface area contributed by atoms with Crippen LogP contribution < -0.4 is 10.9 Å². The fraction of sp³-hybridized carbons (Fsp3) is 0.0909. The van der Waals surface area contributed by atoms with E-state index in [0.29, 0.717) is 11.0 Å². The molecule has 0 saturated heterocycles. The normalized spacial score (nSPS) is 11.5. The van der Waals surface area contributed by atoms with Crippen LogP contribution in [0, 0.1) is 0 Å². The molecule has 0 fully saturated rings. The summed E-state index contributed by atoms with van der Waals surface area (Å²) < 4.78 is 2.86. The lowest BCUT2D eigenvalue weighted by atomic mass is 10.2. The van der Waals surface area contributed by atoms with Gasteiger partial charge in [0.1, 0.15) is 5.58 Å². The highest BCUT2D eigenvalue weighted by molar-refractivity contribution is 6.76. The fourth-order valence-electron chi connectivity index (χ4n) is 1.41. The highest BCUT2D eigenvalue weighted by atomic mass is 35.6. The topological polar surface area (TPSA) is 59.3 Å².